The molecule has 23 heavy (non-hydrogen) atoms. The molecule has 3 N–H and O–H groups in total. The van der Waals surface area contributed by atoms with E-state index in [2.05, 4.69) is 10.3 Å². The summed E-state index contributed by atoms with van der Waals surface area (Å²) >= 11 is 0. The molecule has 1 saturated carbocycles. The molecule has 0 bridgehead atoms. The number of benzene rings is 1. The van der Waals surface area contributed by atoms with Crippen LogP contribution in [0.3, 0.4) is 0 Å². The number of amides is 1. The van der Waals surface area contributed by atoms with Gasteiger partial charge in [-0.15, -0.1) is 0 Å². The zero-order chi connectivity index (χ0) is 16.4. The summed E-state index contributed by atoms with van der Waals surface area (Å²) in [6.45, 7) is 2.14. The second-order valence-electron chi connectivity index (χ2n) is 6.12. The molecule has 1 amide bonds. The number of halogens is 1. The second kappa shape index (κ2) is 6.50. The van der Waals surface area contributed by atoms with Crippen molar-refractivity contribution in [2.45, 2.75) is 38.8 Å². The standard InChI is InChI=1S/C17H21FN4O/c1-11-20-6-7-22(11)16-5-2-12(8-15(16)18)10-21-17(23)13-3-4-14(19)9-13/h2,5-8,13-14H,3-4,9-10,19H2,1H3,(H,21,23). The molecule has 1 aliphatic rings. The van der Waals surface area contributed by atoms with Crippen molar-refractivity contribution >= 4 is 5.91 Å². The van der Waals surface area contributed by atoms with Crippen LogP contribution in [-0.4, -0.2) is 21.5 Å². The molecule has 3 rings (SSSR count). The predicted molar refractivity (Wildman–Crippen MR) is 85.4 cm³/mol. The van der Waals surface area contributed by atoms with E-state index in [4.69, 9.17) is 5.73 Å². The van der Waals surface area contributed by atoms with Crippen LogP contribution in [-0.2, 0) is 11.3 Å². The van der Waals surface area contributed by atoms with E-state index in [1.54, 1.807) is 23.0 Å². The molecule has 1 fully saturated rings. The molecule has 0 spiro atoms. The Morgan fingerprint density at radius 3 is 2.91 bits per heavy atom. The molecule has 1 aromatic heterocycles. The molecular formula is C17H21FN4O. The van der Waals surface area contributed by atoms with Crippen LogP contribution in [0.15, 0.2) is 30.6 Å². The molecule has 1 heterocycles. The van der Waals surface area contributed by atoms with Gasteiger partial charge in [-0.05, 0) is 43.9 Å². The number of aromatic nitrogens is 2. The van der Waals surface area contributed by atoms with Crippen LogP contribution in [0.25, 0.3) is 5.69 Å². The Balaban J connectivity index is 1.64. The van der Waals surface area contributed by atoms with Crippen molar-refractivity contribution in [2.24, 2.45) is 11.7 Å². The van der Waals surface area contributed by atoms with E-state index in [0.717, 1.165) is 30.7 Å². The van der Waals surface area contributed by atoms with Crippen LogP contribution >= 0.6 is 0 Å². The molecule has 1 aromatic carbocycles. The van der Waals surface area contributed by atoms with Gasteiger partial charge < -0.3 is 15.6 Å². The molecule has 2 aromatic rings. The minimum Gasteiger partial charge on any atom is -0.352 e. The third-order valence-electron chi connectivity index (χ3n) is 4.41. The number of aryl methyl sites for hydroxylation is 1. The third-order valence-corrected chi connectivity index (χ3v) is 4.41. The molecular weight excluding hydrogens is 295 g/mol. The fourth-order valence-corrected chi connectivity index (χ4v) is 3.08. The summed E-state index contributed by atoms with van der Waals surface area (Å²) in [5, 5.41) is 2.87. The van der Waals surface area contributed by atoms with Crippen LogP contribution < -0.4 is 11.1 Å². The Bertz CT molecular complexity index is 712. The van der Waals surface area contributed by atoms with Crippen LogP contribution in [0, 0.1) is 18.7 Å². The summed E-state index contributed by atoms with van der Waals surface area (Å²) < 4.78 is 16.0. The van der Waals surface area contributed by atoms with Gasteiger partial charge in [0.2, 0.25) is 5.91 Å². The molecule has 2 unspecified atom stereocenters. The average Bonchev–Trinajstić information content (AvgIpc) is 3.14. The van der Waals surface area contributed by atoms with Gasteiger partial charge in [-0.3, -0.25) is 4.79 Å². The Kier molecular flexibility index (Phi) is 4.43. The van der Waals surface area contributed by atoms with Crippen LogP contribution in [0.4, 0.5) is 4.39 Å². The Labute approximate surface area is 134 Å². The van der Waals surface area contributed by atoms with Crippen molar-refractivity contribution in [1.82, 2.24) is 14.9 Å². The highest BCUT2D eigenvalue weighted by Gasteiger charge is 2.27. The maximum absolute atomic E-state index is 14.3. The maximum Gasteiger partial charge on any atom is 0.223 e. The van der Waals surface area contributed by atoms with Gasteiger partial charge in [-0.25, -0.2) is 9.37 Å². The van der Waals surface area contributed by atoms with Gasteiger partial charge in [-0.1, -0.05) is 6.07 Å². The quantitative estimate of drug-likeness (QED) is 0.907. The van der Waals surface area contributed by atoms with E-state index in [1.165, 1.54) is 6.07 Å². The minimum atomic E-state index is -0.333. The lowest BCUT2D eigenvalue weighted by Gasteiger charge is -2.12. The van der Waals surface area contributed by atoms with Crippen molar-refractivity contribution in [3.8, 4) is 5.69 Å². The van der Waals surface area contributed by atoms with E-state index in [0.29, 0.717) is 12.2 Å². The highest BCUT2D eigenvalue weighted by molar-refractivity contribution is 5.79. The first kappa shape index (κ1) is 15.7. The normalized spacial score (nSPS) is 20.7. The maximum atomic E-state index is 14.3. The van der Waals surface area contributed by atoms with Crippen molar-refractivity contribution in [1.29, 1.82) is 0 Å². The van der Waals surface area contributed by atoms with E-state index in [9.17, 15) is 9.18 Å². The van der Waals surface area contributed by atoms with E-state index in [1.807, 2.05) is 13.0 Å². The number of nitrogens with zero attached hydrogens (tertiary/aromatic N) is 2. The lowest BCUT2D eigenvalue weighted by molar-refractivity contribution is -0.125. The van der Waals surface area contributed by atoms with Gasteiger partial charge >= 0.3 is 0 Å². The first-order valence-electron chi connectivity index (χ1n) is 7.86. The van der Waals surface area contributed by atoms with Crippen molar-refractivity contribution < 1.29 is 9.18 Å². The SMILES string of the molecule is Cc1nccn1-c1ccc(CNC(=O)C2CCC(N)C2)cc1F. The largest absolute Gasteiger partial charge is 0.352 e. The van der Waals surface area contributed by atoms with Gasteiger partial charge in [0.05, 0.1) is 5.69 Å². The number of carbonyl (C=O) groups is 1. The van der Waals surface area contributed by atoms with Crippen molar-refractivity contribution in [2.75, 3.05) is 0 Å². The molecule has 1 aliphatic carbocycles. The highest BCUT2D eigenvalue weighted by Crippen LogP contribution is 2.24. The molecule has 122 valence electrons. The summed E-state index contributed by atoms with van der Waals surface area (Å²) in [7, 11) is 0. The van der Waals surface area contributed by atoms with Gasteiger partial charge in [0.1, 0.15) is 11.6 Å². The Morgan fingerprint density at radius 2 is 2.30 bits per heavy atom. The summed E-state index contributed by atoms with van der Waals surface area (Å²) in [4.78, 5) is 16.2. The van der Waals surface area contributed by atoms with Crippen LogP contribution in [0.2, 0.25) is 0 Å². The van der Waals surface area contributed by atoms with Crippen molar-refractivity contribution in [3.05, 3.63) is 47.8 Å². The summed E-state index contributed by atoms with van der Waals surface area (Å²) in [5.74, 6) is 0.388. The molecule has 5 nitrogen and oxygen atoms in total. The minimum absolute atomic E-state index is 0.00730. The molecule has 0 aliphatic heterocycles. The molecule has 6 heteroatoms. The Hall–Kier alpha value is -2.21. The number of nitrogens with one attached hydrogen (secondary N) is 1. The van der Waals surface area contributed by atoms with Gasteiger partial charge in [0.25, 0.3) is 0 Å². The molecule has 0 saturated heterocycles. The van der Waals surface area contributed by atoms with Crippen molar-refractivity contribution in [3.63, 3.8) is 0 Å². The second-order valence-corrected chi connectivity index (χ2v) is 6.12. The smallest absolute Gasteiger partial charge is 0.223 e. The van der Waals surface area contributed by atoms with Crippen LogP contribution in [0.5, 0.6) is 0 Å². The van der Waals surface area contributed by atoms with Crippen LogP contribution in [0.1, 0.15) is 30.7 Å². The number of rotatable bonds is 4. The number of imidazole rings is 1. The van der Waals surface area contributed by atoms with E-state index in [-0.39, 0.29) is 23.7 Å². The fourth-order valence-electron chi connectivity index (χ4n) is 3.08. The molecule has 2 atom stereocenters. The van der Waals surface area contributed by atoms with Gasteiger partial charge in [-0.2, -0.15) is 0 Å². The van der Waals surface area contributed by atoms with E-state index >= 15 is 0 Å². The highest BCUT2D eigenvalue weighted by atomic mass is 19.1. The number of hydrogen-bond donors (Lipinski definition) is 2. The van der Waals surface area contributed by atoms with Gasteiger partial charge in [0, 0.05) is 30.9 Å². The zero-order valence-corrected chi connectivity index (χ0v) is 13.1. The lowest BCUT2D eigenvalue weighted by Crippen LogP contribution is -2.30. The summed E-state index contributed by atoms with van der Waals surface area (Å²) in [6.07, 6.45) is 5.82. The first-order chi connectivity index (χ1) is 11.0. The monoisotopic (exact) mass is 316 g/mol. The summed E-state index contributed by atoms with van der Waals surface area (Å²) in [5.41, 5.74) is 7.02. The third kappa shape index (κ3) is 3.42. The number of nitrogens with two attached hydrogens (primary N) is 1. The number of hydrogen-bond acceptors (Lipinski definition) is 3. The zero-order valence-electron chi connectivity index (χ0n) is 13.1. The first-order valence-corrected chi connectivity index (χ1v) is 7.86. The Morgan fingerprint density at radius 1 is 1.48 bits per heavy atom. The summed E-state index contributed by atoms with van der Waals surface area (Å²) in [6, 6.07) is 5.10. The predicted octanol–water partition coefficient (Wildman–Crippen LogP) is 2.06. The number of carbonyl (C=O) groups excluding carboxylic acids is 1. The average molecular weight is 316 g/mol. The van der Waals surface area contributed by atoms with E-state index < -0.39 is 0 Å². The molecule has 0 radical (unpaired) electrons. The lowest BCUT2D eigenvalue weighted by atomic mass is 10.1. The topological polar surface area (TPSA) is 72.9 Å². The fraction of sp³-hybridized carbons (Fsp3) is 0.412. The van der Waals surface area contributed by atoms with Gasteiger partial charge in [0.15, 0.2) is 0 Å².